The Bertz CT molecular complexity index is 1070. The van der Waals surface area contributed by atoms with Crippen LogP contribution in [0, 0.1) is 0 Å². The second kappa shape index (κ2) is 8.98. The average molecular weight is 433 g/mol. The standard InChI is InChI=1S/C24H28N6O2/c1-32-18-8-6-17(7-9-18)15-22(31)30-14-4-5-21(30)23-19(16-26-28-23)20-10-11-25-24(27-20)29-12-2-3-13-29/h6-11,16,21H,2-5,12-15H2,1H3,(H,26,28). The van der Waals surface area contributed by atoms with E-state index in [0.717, 1.165) is 66.7 Å². The zero-order chi connectivity index (χ0) is 21.9. The topological polar surface area (TPSA) is 87.2 Å². The summed E-state index contributed by atoms with van der Waals surface area (Å²) in [5.74, 6) is 1.69. The van der Waals surface area contributed by atoms with E-state index in [1.54, 1.807) is 7.11 Å². The molecule has 0 radical (unpaired) electrons. The zero-order valence-electron chi connectivity index (χ0n) is 18.3. The Kier molecular flexibility index (Phi) is 5.75. The van der Waals surface area contributed by atoms with Crippen molar-refractivity contribution in [1.82, 2.24) is 25.1 Å². The largest absolute Gasteiger partial charge is 0.497 e. The van der Waals surface area contributed by atoms with Gasteiger partial charge in [-0.25, -0.2) is 9.97 Å². The Morgan fingerprint density at radius 3 is 2.72 bits per heavy atom. The zero-order valence-corrected chi connectivity index (χ0v) is 18.3. The normalized spacial score (nSPS) is 18.3. The van der Waals surface area contributed by atoms with Crippen molar-refractivity contribution < 1.29 is 9.53 Å². The lowest BCUT2D eigenvalue weighted by Crippen LogP contribution is -2.32. The van der Waals surface area contributed by atoms with Gasteiger partial charge in [0.05, 0.1) is 37.2 Å². The quantitative estimate of drug-likeness (QED) is 0.643. The van der Waals surface area contributed by atoms with E-state index in [0.29, 0.717) is 6.42 Å². The number of methoxy groups -OCH3 is 1. The maximum absolute atomic E-state index is 13.2. The van der Waals surface area contributed by atoms with Gasteiger partial charge in [-0.15, -0.1) is 0 Å². The van der Waals surface area contributed by atoms with Crippen LogP contribution in [0.15, 0.2) is 42.7 Å². The highest BCUT2D eigenvalue weighted by Gasteiger charge is 2.33. The van der Waals surface area contributed by atoms with Crippen LogP contribution in [-0.2, 0) is 11.2 Å². The molecule has 2 aliphatic heterocycles. The number of benzene rings is 1. The highest BCUT2D eigenvalue weighted by atomic mass is 16.5. The fourth-order valence-corrected chi connectivity index (χ4v) is 4.71. The second-order valence-corrected chi connectivity index (χ2v) is 8.40. The van der Waals surface area contributed by atoms with Crippen LogP contribution in [0.4, 0.5) is 5.95 Å². The molecule has 8 heteroatoms. The molecule has 1 atom stereocenters. The number of amides is 1. The molecule has 5 rings (SSSR count). The number of aromatic amines is 1. The van der Waals surface area contributed by atoms with E-state index in [4.69, 9.17) is 9.72 Å². The summed E-state index contributed by atoms with van der Waals surface area (Å²) < 4.78 is 5.22. The number of anilines is 1. The van der Waals surface area contributed by atoms with Crippen LogP contribution in [0.5, 0.6) is 5.75 Å². The predicted molar refractivity (Wildman–Crippen MR) is 121 cm³/mol. The van der Waals surface area contributed by atoms with Gasteiger partial charge in [0, 0.05) is 31.4 Å². The van der Waals surface area contributed by atoms with Gasteiger partial charge in [-0.2, -0.15) is 5.10 Å². The Balaban J connectivity index is 1.36. The van der Waals surface area contributed by atoms with E-state index in [2.05, 4.69) is 20.1 Å². The van der Waals surface area contributed by atoms with Gasteiger partial charge in [-0.05, 0) is 49.4 Å². The molecule has 166 valence electrons. The van der Waals surface area contributed by atoms with E-state index >= 15 is 0 Å². The molecule has 1 N–H and O–H groups in total. The van der Waals surface area contributed by atoms with Crippen LogP contribution in [0.1, 0.15) is 43.0 Å². The molecule has 2 saturated heterocycles. The predicted octanol–water partition coefficient (Wildman–Crippen LogP) is 3.38. The summed E-state index contributed by atoms with van der Waals surface area (Å²) in [4.78, 5) is 26.7. The number of ether oxygens (including phenoxy) is 1. The van der Waals surface area contributed by atoms with Crippen LogP contribution in [0.25, 0.3) is 11.3 Å². The number of H-pyrrole nitrogens is 1. The summed E-state index contributed by atoms with van der Waals surface area (Å²) in [7, 11) is 1.64. The Morgan fingerprint density at radius 2 is 1.94 bits per heavy atom. The van der Waals surface area contributed by atoms with Gasteiger partial charge in [0.1, 0.15) is 5.75 Å². The lowest BCUT2D eigenvalue weighted by molar-refractivity contribution is -0.131. The van der Waals surface area contributed by atoms with Crippen molar-refractivity contribution in [2.24, 2.45) is 0 Å². The molecule has 1 aromatic carbocycles. The van der Waals surface area contributed by atoms with Gasteiger partial charge in [-0.3, -0.25) is 9.89 Å². The molecule has 3 aromatic rings. The third kappa shape index (κ3) is 4.04. The molecule has 2 aromatic heterocycles. The van der Waals surface area contributed by atoms with Crippen molar-refractivity contribution in [1.29, 1.82) is 0 Å². The van der Waals surface area contributed by atoms with Crippen molar-refractivity contribution >= 4 is 11.9 Å². The van der Waals surface area contributed by atoms with Crippen molar-refractivity contribution in [2.75, 3.05) is 31.6 Å². The number of aromatic nitrogens is 4. The van der Waals surface area contributed by atoms with E-state index in [9.17, 15) is 4.79 Å². The molecule has 4 heterocycles. The monoisotopic (exact) mass is 432 g/mol. The Hall–Kier alpha value is -3.42. The number of rotatable bonds is 6. The highest BCUT2D eigenvalue weighted by molar-refractivity contribution is 5.80. The molecule has 1 amide bonds. The summed E-state index contributed by atoms with van der Waals surface area (Å²) in [6.07, 6.45) is 8.24. The smallest absolute Gasteiger partial charge is 0.227 e. The van der Waals surface area contributed by atoms with E-state index < -0.39 is 0 Å². The Labute approximate surface area is 187 Å². The summed E-state index contributed by atoms with van der Waals surface area (Å²) in [6.45, 7) is 2.75. The second-order valence-electron chi connectivity index (χ2n) is 8.40. The van der Waals surface area contributed by atoms with E-state index in [-0.39, 0.29) is 11.9 Å². The van der Waals surface area contributed by atoms with Crippen LogP contribution in [0.3, 0.4) is 0 Å². The third-order valence-electron chi connectivity index (χ3n) is 6.40. The molecule has 2 fully saturated rings. The van der Waals surface area contributed by atoms with Crippen LogP contribution < -0.4 is 9.64 Å². The molecule has 1 unspecified atom stereocenters. The maximum Gasteiger partial charge on any atom is 0.227 e. The first-order valence-electron chi connectivity index (χ1n) is 11.3. The van der Waals surface area contributed by atoms with Crippen molar-refractivity contribution in [3.63, 3.8) is 0 Å². The van der Waals surface area contributed by atoms with E-state index in [1.807, 2.05) is 47.6 Å². The van der Waals surface area contributed by atoms with Crippen LogP contribution in [0.2, 0.25) is 0 Å². The number of nitrogens with zero attached hydrogens (tertiary/aromatic N) is 5. The molecular formula is C24H28N6O2. The average Bonchev–Trinajstić information content (AvgIpc) is 3.61. The number of carbonyl (C=O) groups excluding carboxylic acids is 1. The molecule has 0 spiro atoms. The van der Waals surface area contributed by atoms with Crippen LogP contribution >= 0.6 is 0 Å². The molecule has 8 nitrogen and oxygen atoms in total. The molecular weight excluding hydrogens is 404 g/mol. The number of hydrogen-bond donors (Lipinski definition) is 1. The first-order valence-corrected chi connectivity index (χ1v) is 11.3. The minimum Gasteiger partial charge on any atom is -0.497 e. The summed E-state index contributed by atoms with van der Waals surface area (Å²) in [5, 5.41) is 7.48. The third-order valence-corrected chi connectivity index (χ3v) is 6.40. The highest BCUT2D eigenvalue weighted by Crippen LogP contribution is 2.36. The van der Waals surface area contributed by atoms with Crippen molar-refractivity contribution in [2.45, 2.75) is 38.1 Å². The van der Waals surface area contributed by atoms with Gasteiger partial charge in [0.2, 0.25) is 11.9 Å². The van der Waals surface area contributed by atoms with Gasteiger partial charge < -0.3 is 14.5 Å². The first kappa shape index (κ1) is 20.5. The SMILES string of the molecule is COc1ccc(CC(=O)N2CCCC2c2[nH]ncc2-c2ccnc(N3CCCC3)n2)cc1. The molecule has 0 saturated carbocycles. The van der Waals surface area contributed by atoms with Crippen molar-refractivity contribution in [3.8, 4) is 17.0 Å². The number of hydrogen-bond acceptors (Lipinski definition) is 6. The molecule has 0 bridgehead atoms. The van der Waals surface area contributed by atoms with Gasteiger partial charge in [0.15, 0.2) is 0 Å². The number of carbonyl (C=O) groups is 1. The minimum atomic E-state index is -0.0246. The maximum atomic E-state index is 13.2. The lowest BCUT2D eigenvalue weighted by Gasteiger charge is -2.25. The van der Waals surface area contributed by atoms with Gasteiger partial charge in [-0.1, -0.05) is 12.1 Å². The summed E-state index contributed by atoms with van der Waals surface area (Å²) in [6, 6.07) is 9.58. The molecule has 32 heavy (non-hydrogen) atoms. The van der Waals surface area contributed by atoms with Crippen molar-refractivity contribution in [3.05, 3.63) is 54.0 Å². The Morgan fingerprint density at radius 1 is 1.12 bits per heavy atom. The number of nitrogens with one attached hydrogen (secondary N) is 1. The lowest BCUT2D eigenvalue weighted by atomic mass is 10.0. The van der Waals surface area contributed by atoms with Gasteiger partial charge >= 0.3 is 0 Å². The number of likely N-dealkylation sites (tertiary alicyclic amines) is 1. The first-order chi connectivity index (χ1) is 15.7. The molecule has 2 aliphatic rings. The molecule has 0 aliphatic carbocycles. The fraction of sp³-hybridized carbons (Fsp3) is 0.417. The minimum absolute atomic E-state index is 0.0246. The van der Waals surface area contributed by atoms with Crippen LogP contribution in [-0.4, -0.2) is 57.7 Å². The summed E-state index contributed by atoms with van der Waals surface area (Å²) >= 11 is 0. The fourth-order valence-electron chi connectivity index (χ4n) is 4.71. The summed E-state index contributed by atoms with van der Waals surface area (Å²) in [5.41, 5.74) is 3.73. The van der Waals surface area contributed by atoms with Gasteiger partial charge in [0.25, 0.3) is 0 Å². The van der Waals surface area contributed by atoms with E-state index in [1.165, 1.54) is 12.8 Å².